The molecule has 0 aliphatic rings. The second kappa shape index (κ2) is 8.28. The molecule has 0 saturated carbocycles. The van der Waals surface area contributed by atoms with E-state index in [1.54, 1.807) is 36.3 Å². The molecule has 1 aromatic rings. The average molecular weight is 290 g/mol. The van der Waals surface area contributed by atoms with Gasteiger partial charge in [-0.1, -0.05) is 12.1 Å². The van der Waals surface area contributed by atoms with Gasteiger partial charge in [0, 0.05) is 19.5 Å². The molecular weight excluding hydrogens is 268 g/mol. The highest BCUT2D eigenvalue weighted by molar-refractivity contribution is 5.76. The first kappa shape index (κ1) is 17.0. The first-order chi connectivity index (χ1) is 10.1. The van der Waals surface area contributed by atoms with E-state index in [1.165, 1.54) is 0 Å². The number of aliphatic hydroxyl groups excluding tert-OH is 1. The molecule has 5 heteroatoms. The Morgan fingerprint density at radius 3 is 2.33 bits per heavy atom. The van der Waals surface area contributed by atoms with Gasteiger partial charge in [0.1, 0.15) is 5.75 Å². The van der Waals surface area contributed by atoms with Crippen molar-refractivity contribution < 1.29 is 14.6 Å². The Labute approximate surface area is 125 Å². The van der Waals surface area contributed by atoms with Gasteiger partial charge in [-0.05, 0) is 31.5 Å². The molecule has 1 N–H and O–H groups in total. The van der Waals surface area contributed by atoms with Crippen LogP contribution in [0.3, 0.4) is 0 Å². The lowest BCUT2D eigenvalue weighted by atomic mass is 9.93. The molecule has 5 nitrogen and oxygen atoms in total. The van der Waals surface area contributed by atoms with Crippen molar-refractivity contribution in [3.63, 3.8) is 0 Å². The summed E-state index contributed by atoms with van der Waals surface area (Å²) in [7, 11) is 1.56. The van der Waals surface area contributed by atoms with Crippen LogP contribution in [0.5, 0.6) is 5.75 Å². The molecule has 0 aliphatic heterocycles. The summed E-state index contributed by atoms with van der Waals surface area (Å²) in [5.41, 5.74) is 0.606. The smallest absolute Gasteiger partial charge is 0.223 e. The fourth-order valence-corrected chi connectivity index (χ4v) is 2.15. The van der Waals surface area contributed by atoms with Gasteiger partial charge in [0.25, 0.3) is 0 Å². The number of carbonyl (C=O) groups is 1. The summed E-state index contributed by atoms with van der Waals surface area (Å²) >= 11 is 0. The normalized spacial score (nSPS) is 13.1. The van der Waals surface area contributed by atoms with E-state index < -0.39 is 12.0 Å². The lowest BCUT2D eigenvalue weighted by Crippen LogP contribution is -2.32. The first-order valence-electron chi connectivity index (χ1n) is 7.06. The second-order valence-corrected chi connectivity index (χ2v) is 4.72. The van der Waals surface area contributed by atoms with Crippen LogP contribution in [0.4, 0.5) is 0 Å². The predicted molar refractivity (Wildman–Crippen MR) is 79.6 cm³/mol. The van der Waals surface area contributed by atoms with Crippen LogP contribution < -0.4 is 4.74 Å². The molecule has 0 spiro atoms. The summed E-state index contributed by atoms with van der Waals surface area (Å²) in [4.78, 5) is 13.7. The molecule has 0 bridgehead atoms. The van der Waals surface area contributed by atoms with Gasteiger partial charge >= 0.3 is 0 Å². The van der Waals surface area contributed by atoms with E-state index in [-0.39, 0.29) is 12.3 Å². The quantitative estimate of drug-likeness (QED) is 0.835. The van der Waals surface area contributed by atoms with E-state index >= 15 is 0 Å². The molecule has 1 aromatic carbocycles. The van der Waals surface area contributed by atoms with Crippen LogP contribution in [0.1, 0.15) is 31.9 Å². The predicted octanol–water partition coefficient (Wildman–Crippen LogP) is 2.13. The summed E-state index contributed by atoms with van der Waals surface area (Å²) in [5.74, 6) is -0.190. The van der Waals surface area contributed by atoms with Crippen molar-refractivity contribution in [2.75, 3.05) is 20.2 Å². The van der Waals surface area contributed by atoms with Gasteiger partial charge in [-0.15, -0.1) is 0 Å². The zero-order chi connectivity index (χ0) is 15.8. The SMILES string of the molecule is CCN(CC)C(=O)CC(C#N)C(O)c1ccc(OC)cc1. The van der Waals surface area contributed by atoms with Gasteiger partial charge in [0.15, 0.2) is 0 Å². The number of aliphatic hydroxyl groups is 1. The van der Waals surface area contributed by atoms with Crippen molar-refractivity contribution in [1.82, 2.24) is 4.90 Å². The fourth-order valence-electron chi connectivity index (χ4n) is 2.15. The van der Waals surface area contributed by atoms with Gasteiger partial charge in [-0.3, -0.25) is 4.79 Å². The van der Waals surface area contributed by atoms with Crippen molar-refractivity contribution in [2.24, 2.45) is 5.92 Å². The maximum atomic E-state index is 12.1. The number of nitriles is 1. The highest BCUT2D eigenvalue weighted by Crippen LogP contribution is 2.26. The molecule has 0 aliphatic carbocycles. The van der Waals surface area contributed by atoms with Crippen LogP contribution in [0.2, 0.25) is 0 Å². The standard InChI is InChI=1S/C16H22N2O3/c1-4-18(5-2)15(19)10-13(11-17)16(20)12-6-8-14(21-3)9-7-12/h6-9,13,16,20H,4-5,10H2,1-3H3. The summed E-state index contributed by atoms with van der Waals surface area (Å²) in [6.45, 7) is 4.99. The Bertz CT molecular complexity index is 489. The van der Waals surface area contributed by atoms with E-state index in [0.717, 1.165) is 0 Å². The minimum absolute atomic E-state index is 0.0192. The molecule has 114 valence electrons. The number of benzene rings is 1. The number of rotatable bonds is 7. The number of amides is 1. The third kappa shape index (κ3) is 4.47. The minimum Gasteiger partial charge on any atom is -0.497 e. The first-order valence-corrected chi connectivity index (χ1v) is 7.06. The Morgan fingerprint density at radius 1 is 1.33 bits per heavy atom. The monoisotopic (exact) mass is 290 g/mol. The van der Waals surface area contributed by atoms with E-state index in [0.29, 0.717) is 24.4 Å². The number of carbonyl (C=O) groups excluding carboxylic acids is 1. The largest absolute Gasteiger partial charge is 0.497 e. The number of methoxy groups -OCH3 is 1. The maximum Gasteiger partial charge on any atom is 0.223 e. The van der Waals surface area contributed by atoms with Crippen LogP contribution in [-0.2, 0) is 4.79 Å². The molecule has 0 radical (unpaired) electrons. The van der Waals surface area contributed by atoms with Crippen molar-refractivity contribution in [3.05, 3.63) is 29.8 Å². The lowest BCUT2D eigenvalue weighted by molar-refractivity contribution is -0.132. The number of ether oxygens (including phenoxy) is 1. The van der Waals surface area contributed by atoms with Crippen LogP contribution in [0.15, 0.2) is 24.3 Å². The van der Waals surface area contributed by atoms with Crippen molar-refractivity contribution >= 4 is 5.91 Å². The fraction of sp³-hybridized carbons (Fsp3) is 0.500. The molecule has 0 heterocycles. The van der Waals surface area contributed by atoms with Crippen molar-refractivity contribution in [1.29, 1.82) is 5.26 Å². The van der Waals surface area contributed by atoms with Gasteiger partial charge in [-0.2, -0.15) is 5.26 Å². The van der Waals surface area contributed by atoms with Gasteiger partial charge in [-0.25, -0.2) is 0 Å². The third-order valence-electron chi connectivity index (χ3n) is 3.51. The molecule has 1 rings (SSSR count). The Kier molecular flexibility index (Phi) is 6.70. The Balaban J connectivity index is 2.79. The van der Waals surface area contributed by atoms with E-state index in [9.17, 15) is 15.2 Å². The van der Waals surface area contributed by atoms with Crippen LogP contribution in [0, 0.1) is 17.2 Å². The van der Waals surface area contributed by atoms with Crippen LogP contribution in [-0.4, -0.2) is 36.1 Å². The molecule has 0 fully saturated rings. The van der Waals surface area contributed by atoms with E-state index in [2.05, 4.69) is 0 Å². The van der Waals surface area contributed by atoms with Crippen LogP contribution >= 0.6 is 0 Å². The summed E-state index contributed by atoms with van der Waals surface area (Å²) in [6.07, 6.45) is -0.967. The van der Waals surface area contributed by atoms with Gasteiger partial charge in [0.05, 0.1) is 25.2 Å². The average Bonchev–Trinajstić information content (AvgIpc) is 2.53. The molecule has 0 aromatic heterocycles. The molecular formula is C16H22N2O3. The Morgan fingerprint density at radius 2 is 1.90 bits per heavy atom. The van der Waals surface area contributed by atoms with Gasteiger partial charge < -0.3 is 14.7 Å². The highest BCUT2D eigenvalue weighted by Gasteiger charge is 2.25. The third-order valence-corrected chi connectivity index (χ3v) is 3.51. The van der Waals surface area contributed by atoms with Crippen molar-refractivity contribution in [2.45, 2.75) is 26.4 Å². The zero-order valence-corrected chi connectivity index (χ0v) is 12.7. The maximum absolute atomic E-state index is 12.1. The summed E-state index contributed by atoms with van der Waals surface area (Å²) < 4.78 is 5.05. The Hall–Kier alpha value is -2.06. The number of hydrogen-bond acceptors (Lipinski definition) is 4. The number of nitrogens with zero attached hydrogens (tertiary/aromatic N) is 2. The van der Waals surface area contributed by atoms with Crippen LogP contribution in [0.25, 0.3) is 0 Å². The summed E-state index contributed by atoms with van der Waals surface area (Å²) in [5, 5.41) is 19.5. The van der Waals surface area contributed by atoms with E-state index in [1.807, 2.05) is 19.9 Å². The second-order valence-electron chi connectivity index (χ2n) is 4.72. The van der Waals surface area contributed by atoms with Gasteiger partial charge in [0.2, 0.25) is 5.91 Å². The molecule has 2 unspecified atom stereocenters. The molecule has 2 atom stereocenters. The number of hydrogen-bond donors (Lipinski definition) is 1. The minimum atomic E-state index is -0.986. The summed E-state index contributed by atoms with van der Waals surface area (Å²) in [6, 6.07) is 8.89. The topological polar surface area (TPSA) is 73.6 Å². The molecule has 21 heavy (non-hydrogen) atoms. The lowest BCUT2D eigenvalue weighted by Gasteiger charge is -2.22. The highest BCUT2D eigenvalue weighted by atomic mass is 16.5. The zero-order valence-electron chi connectivity index (χ0n) is 12.7. The molecule has 0 saturated heterocycles. The molecule has 1 amide bonds. The van der Waals surface area contributed by atoms with E-state index in [4.69, 9.17) is 4.74 Å². The van der Waals surface area contributed by atoms with Crippen molar-refractivity contribution in [3.8, 4) is 11.8 Å².